The number of rotatable bonds is 8. The van der Waals surface area contributed by atoms with E-state index in [0.717, 1.165) is 4.31 Å². The van der Waals surface area contributed by atoms with Crippen LogP contribution in [0.5, 0.6) is 0 Å². The molecule has 1 unspecified atom stereocenters. The predicted octanol–water partition coefficient (Wildman–Crippen LogP) is 2.21. The minimum absolute atomic E-state index is 0.136. The van der Waals surface area contributed by atoms with Crippen LogP contribution in [0.25, 0.3) is 0 Å². The Morgan fingerprint density at radius 1 is 1.08 bits per heavy atom. The van der Waals surface area contributed by atoms with Gasteiger partial charge in [-0.05, 0) is 29.8 Å². The van der Waals surface area contributed by atoms with Crippen molar-refractivity contribution >= 4 is 32.4 Å². The first-order chi connectivity index (χ1) is 12.3. The highest BCUT2D eigenvalue weighted by atomic mass is 32.2. The van der Waals surface area contributed by atoms with Crippen molar-refractivity contribution in [2.45, 2.75) is 17.1 Å². The second-order valence-corrected chi connectivity index (χ2v) is 9.62. The highest BCUT2D eigenvalue weighted by molar-refractivity contribution is 7.89. The van der Waals surface area contributed by atoms with Crippen molar-refractivity contribution in [1.29, 1.82) is 0 Å². The molecule has 0 aliphatic carbocycles. The van der Waals surface area contributed by atoms with Gasteiger partial charge in [0.15, 0.2) is 0 Å². The number of carbonyl (C=O) groups is 1. The normalized spacial score (nSPS) is 12.7. The fourth-order valence-electron chi connectivity index (χ4n) is 2.22. The van der Waals surface area contributed by atoms with Gasteiger partial charge in [-0.1, -0.05) is 30.3 Å². The molecular weight excluding hydrogens is 372 g/mol. The van der Waals surface area contributed by atoms with E-state index >= 15 is 0 Å². The Morgan fingerprint density at radius 2 is 1.77 bits per heavy atom. The van der Waals surface area contributed by atoms with Gasteiger partial charge in [-0.3, -0.25) is 9.00 Å². The minimum Gasteiger partial charge on any atom is -0.326 e. The number of amides is 1. The van der Waals surface area contributed by atoms with E-state index in [1.54, 1.807) is 24.3 Å². The molecule has 0 heterocycles. The molecule has 2 rings (SSSR count). The lowest BCUT2D eigenvalue weighted by atomic mass is 10.2. The van der Waals surface area contributed by atoms with Gasteiger partial charge in [-0.2, -0.15) is 0 Å². The Balaban J connectivity index is 1.91. The monoisotopic (exact) mass is 394 g/mol. The Labute approximate surface area is 156 Å². The third kappa shape index (κ3) is 5.76. The van der Waals surface area contributed by atoms with Gasteiger partial charge in [0.25, 0.3) is 0 Å². The summed E-state index contributed by atoms with van der Waals surface area (Å²) in [7, 11) is -1.86. The molecule has 8 heteroatoms. The second kappa shape index (κ2) is 9.07. The van der Waals surface area contributed by atoms with E-state index in [9.17, 15) is 17.4 Å². The fourth-order valence-corrected chi connectivity index (χ4v) is 4.30. The van der Waals surface area contributed by atoms with E-state index in [4.69, 9.17) is 0 Å². The van der Waals surface area contributed by atoms with Gasteiger partial charge >= 0.3 is 0 Å². The Kier molecular flexibility index (Phi) is 7.07. The first-order valence-corrected chi connectivity index (χ1v) is 10.9. The molecule has 0 aromatic heterocycles. The summed E-state index contributed by atoms with van der Waals surface area (Å²) in [5, 5.41) is 2.74. The van der Waals surface area contributed by atoms with E-state index in [1.165, 1.54) is 26.2 Å². The number of nitrogens with one attached hydrogen (secondary N) is 1. The van der Waals surface area contributed by atoms with Crippen LogP contribution in [0.3, 0.4) is 0 Å². The van der Waals surface area contributed by atoms with Gasteiger partial charge in [0.05, 0.1) is 4.90 Å². The number of hydrogen-bond donors (Lipinski definition) is 1. The molecule has 0 saturated heterocycles. The highest BCUT2D eigenvalue weighted by Crippen LogP contribution is 2.16. The van der Waals surface area contributed by atoms with Crippen molar-refractivity contribution < 1.29 is 17.4 Å². The molecule has 1 N–H and O–H groups in total. The van der Waals surface area contributed by atoms with Gasteiger partial charge in [-0.15, -0.1) is 0 Å². The van der Waals surface area contributed by atoms with Crippen molar-refractivity contribution in [1.82, 2.24) is 4.31 Å². The number of sulfonamides is 1. The topological polar surface area (TPSA) is 83.6 Å². The van der Waals surface area contributed by atoms with Gasteiger partial charge in [0.1, 0.15) is 0 Å². The minimum atomic E-state index is -3.53. The number of anilines is 1. The van der Waals surface area contributed by atoms with Gasteiger partial charge in [0.2, 0.25) is 15.9 Å². The molecule has 0 bridgehead atoms. The first kappa shape index (κ1) is 20.3. The molecule has 1 amide bonds. The quantitative estimate of drug-likeness (QED) is 0.744. The lowest BCUT2D eigenvalue weighted by Crippen LogP contribution is -2.22. The molecule has 2 aromatic carbocycles. The summed E-state index contributed by atoms with van der Waals surface area (Å²) in [6.07, 6.45) is 0.136. The number of hydrogen-bond acceptors (Lipinski definition) is 4. The van der Waals surface area contributed by atoms with Crippen molar-refractivity contribution in [3.05, 3.63) is 60.2 Å². The molecule has 140 valence electrons. The third-order valence-corrected chi connectivity index (χ3v) is 6.74. The maximum absolute atomic E-state index is 12.2. The SMILES string of the molecule is CN(C)S(=O)(=O)c1cccc(CS(=O)CCC(=O)Nc2ccccc2)c1. The lowest BCUT2D eigenvalue weighted by molar-refractivity contribution is -0.115. The van der Waals surface area contributed by atoms with Crippen LogP contribution in [0.2, 0.25) is 0 Å². The van der Waals surface area contributed by atoms with Gasteiger partial charge in [0, 0.05) is 48.5 Å². The number of carbonyl (C=O) groups excluding carboxylic acids is 1. The predicted molar refractivity (Wildman–Crippen MR) is 104 cm³/mol. The van der Waals surface area contributed by atoms with Crippen LogP contribution in [0.1, 0.15) is 12.0 Å². The summed E-state index contributed by atoms with van der Waals surface area (Å²) in [6.45, 7) is 0. The van der Waals surface area contributed by atoms with Crippen molar-refractivity contribution in [2.24, 2.45) is 0 Å². The van der Waals surface area contributed by atoms with E-state index < -0.39 is 20.8 Å². The van der Waals surface area contributed by atoms with E-state index in [0.29, 0.717) is 11.3 Å². The summed E-state index contributed by atoms with van der Waals surface area (Å²) < 4.78 is 37.7. The Bertz CT molecular complexity index is 881. The van der Waals surface area contributed by atoms with Gasteiger partial charge < -0.3 is 5.32 Å². The zero-order valence-corrected chi connectivity index (χ0v) is 16.3. The third-order valence-electron chi connectivity index (χ3n) is 3.62. The molecule has 0 saturated carbocycles. The van der Waals surface area contributed by atoms with Gasteiger partial charge in [-0.25, -0.2) is 12.7 Å². The van der Waals surface area contributed by atoms with Crippen LogP contribution in [0.15, 0.2) is 59.5 Å². The maximum atomic E-state index is 12.2. The summed E-state index contributed by atoms with van der Waals surface area (Å²) in [5.41, 5.74) is 1.36. The number of benzene rings is 2. The molecule has 6 nitrogen and oxygen atoms in total. The van der Waals surface area contributed by atoms with Crippen LogP contribution in [-0.4, -0.2) is 42.7 Å². The van der Waals surface area contributed by atoms with Crippen LogP contribution >= 0.6 is 0 Å². The molecule has 0 aliphatic rings. The fraction of sp³-hybridized carbons (Fsp3) is 0.278. The molecule has 2 aromatic rings. The molecule has 0 spiro atoms. The van der Waals surface area contributed by atoms with E-state index in [2.05, 4.69) is 5.32 Å². The van der Waals surface area contributed by atoms with Crippen LogP contribution in [-0.2, 0) is 31.4 Å². The highest BCUT2D eigenvalue weighted by Gasteiger charge is 2.17. The second-order valence-electron chi connectivity index (χ2n) is 5.89. The molecule has 0 fully saturated rings. The average Bonchev–Trinajstić information content (AvgIpc) is 2.61. The number of para-hydroxylation sites is 1. The summed E-state index contributed by atoms with van der Waals surface area (Å²) >= 11 is 0. The average molecular weight is 395 g/mol. The van der Waals surface area contributed by atoms with Crippen molar-refractivity contribution in [2.75, 3.05) is 25.2 Å². The Hall–Kier alpha value is -2.03. The standard InChI is InChI=1S/C18H22N2O4S2/c1-20(2)26(23,24)17-10-6-7-15(13-17)14-25(22)12-11-18(21)19-16-8-4-3-5-9-16/h3-10,13H,11-12,14H2,1-2H3,(H,19,21). The molecule has 0 radical (unpaired) electrons. The number of nitrogens with zero attached hydrogens (tertiary/aromatic N) is 1. The zero-order valence-electron chi connectivity index (χ0n) is 14.7. The van der Waals surface area contributed by atoms with Crippen molar-refractivity contribution in [3.63, 3.8) is 0 Å². The maximum Gasteiger partial charge on any atom is 0.242 e. The Morgan fingerprint density at radius 3 is 2.42 bits per heavy atom. The van der Waals surface area contributed by atoms with E-state index in [-0.39, 0.29) is 28.7 Å². The van der Waals surface area contributed by atoms with Crippen LogP contribution in [0.4, 0.5) is 5.69 Å². The summed E-state index contributed by atoms with van der Waals surface area (Å²) in [5.74, 6) is 0.215. The van der Waals surface area contributed by atoms with Crippen LogP contribution in [0, 0.1) is 0 Å². The lowest BCUT2D eigenvalue weighted by Gasteiger charge is -2.12. The van der Waals surface area contributed by atoms with Crippen molar-refractivity contribution in [3.8, 4) is 0 Å². The summed E-state index contributed by atoms with van der Waals surface area (Å²) in [6, 6.07) is 15.5. The smallest absolute Gasteiger partial charge is 0.242 e. The molecular formula is C18H22N2O4S2. The van der Waals surface area contributed by atoms with E-state index in [1.807, 2.05) is 18.2 Å². The molecule has 26 heavy (non-hydrogen) atoms. The summed E-state index contributed by atoms with van der Waals surface area (Å²) in [4.78, 5) is 12.1. The molecule has 0 aliphatic heterocycles. The zero-order chi connectivity index (χ0) is 19.2. The molecule has 1 atom stereocenters. The van der Waals surface area contributed by atoms with Crippen LogP contribution < -0.4 is 5.32 Å². The largest absolute Gasteiger partial charge is 0.326 e. The first-order valence-electron chi connectivity index (χ1n) is 8.00.